The molecule has 2 aromatic carbocycles. The van der Waals surface area contributed by atoms with E-state index in [1.54, 1.807) is 19.2 Å². The lowest BCUT2D eigenvalue weighted by Gasteiger charge is -2.08. The molecule has 0 fully saturated rings. The molecule has 0 saturated carbocycles. The molecule has 0 aliphatic rings. The molecule has 3 aromatic rings. The largest absolute Gasteiger partial charge is 0.493 e. The molecule has 1 heterocycles. The number of fused-ring (bicyclic) bond motifs is 1. The van der Waals surface area contributed by atoms with E-state index in [0.717, 1.165) is 10.2 Å². The Hall–Kier alpha value is -2.91. The van der Waals surface area contributed by atoms with Gasteiger partial charge in [0.05, 0.1) is 29.4 Å². The highest BCUT2D eigenvalue weighted by Gasteiger charge is 2.21. The highest BCUT2D eigenvalue weighted by Crippen LogP contribution is 2.33. The van der Waals surface area contributed by atoms with E-state index < -0.39 is 10.8 Å². The number of nitro groups is 1. The summed E-state index contributed by atoms with van der Waals surface area (Å²) < 4.78 is 13.3. The van der Waals surface area contributed by atoms with Crippen molar-refractivity contribution < 1.29 is 19.2 Å². The van der Waals surface area contributed by atoms with Crippen molar-refractivity contribution in [2.24, 2.45) is 4.99 Å². The van der Waals surface area contributed by atoms with Gasteiger partial charge in [-0.1, -0.05) is 22.9 Å². The molecule has 3 rings (SSSR count). The van der Waals surface area contributed by atoms with Gasteiger partial charge < -0.3 is 14.0 Å². The van der Waals surface area contributed by atoms with Crippen molar-refractivity contribution in [1.82, 2.24) is 4.57 Å². The number of rotatable bonds is 5. The van der Waals surface area contributed by atoms with E-state index in [4.69, 9.17) is 21.1 Å². The molecule has 1 aromatic heterocycles. The zero-order valence-corrected chi connectivity index (χ0v) is 16.8. The van der Waals surface area contributed by atoms with Crippen LogP contribution < -0.4 is 14.3 Å². The van der Waals surface area contributed by atoms with Gasteiger partial charge in [-0.15, -0.1) is 0 Å². The van der Waals surface area contributed by atoms with Gasteiger partial charge in [-0.2, -0.15) is 4.99 Å². The van der Waals surface area contributed by atoms with Crippen LogP contribution in [0.25, 0.3) is 10.2 Å². The summed E-state index contributed by atoms with van der Waals surface area (Å²) in [6.45, 7) is 2.45. The SMILES string of the molecule is CCn1c(=NC(=O)c2cc(Cl)ccc2[N+](=O)[O-])sc2cc(OC)c(OC)cc21. The molecule has 0 unspecified atom stereocenters. The average Bonchev–Trinajstić information content (AvgIpc) is 3.01. The monoisotopic (exact) mass is 421 g/mol. The van der Waals surface area contributed by atoms with Crippen LogP contribution in [-0.4, -0.2) is 29.6 Å². The molecule has 0 aliphatic heterocycles. The second-order valence-electron chi connectivity index (χ2n) is 5.64. The lowest BCUT2D eigenvalue weighted by molar-refractivity contribution is -0.385. The molecule has 146 valence electrons. The summed E-state index contributed by atoms with van der Waals surface area (Å²) in [5, 5.41) is 11.5. The molecule has 1 amide bonds. The van der Waals surface area contributed by atoms with E-state index in [2.05, 4.69) is 4.99 Å². The van der Waals surface area contributed by atoms with Crippen molar-refractivity contribution in [1.29, 1.82) is 0 Å². The maximum Gasteiger partial charge on any atom is 0.286 e. The number of ether oxygens (including phenoxy) is 2. The zero-order chi connectivity index (χ0) is 20.4. The van der Waals surface area contributed by atoms with Crippen molar-refractivity contribution in [3.8, 4) is 11.5 Å². The van der Waals surface area contributed by atoms with Gasteiger partial charge in [-0.3, -0.25) is 14.9 Å². The molecule has 8 nitrogen and oxygen atoms in total. The minimum atomic E-state index is -0.734. The van der Waals surface area contributed by atoms with Crippen LogP contribution in [0, 0.1) is 10.1 Å². The van der Waals surface area contributed by atoms with Crippen LogP contribution >= 0.6 is 22.9 Å². The fourth-order valence-corrected chi connectivity index (χ4v) is 4.05. The number of carbonyl (C=O) groups is 1. The van der Waals surface area contributed by atoms with Crippen LogP contribution in [0.3, 0.4) is 0 Å². The summed E-state index contributed by atoms with van der Waals surface area (Å²) in [7, 11) is 3.08. The van der Waals surface area contributed by atoms with Crippen LogP contribution in [0.5, 0.6) is 11.5 Å². The fourth-order valence-electron chi connectivity index (χ4n) is 2.77. The molecule has 0 N–H and O–H groups in total. The first-order valence-electron chi connectivity index (χ1n) is 8.18. The summed E-state index contributed by atoms with van der Waals surface area (Å²) >= 11 is 7.19. The molecule has 0 saturated heterocycles. The maximum atomic E-state index is 12.7. The second-order valence-corrected chi connectivity index (χ2v) is 7.08. The summed E-state index contributed by atoms with van der Waals surface area (Å²) in [6.07, 6.45) is 0. The van der Waals surface area contributed by atoms with Crippen LogP contribution in [0.4, 0.5) is 5.69 Å². The number of methoxy groups -OCH3 is 2. The fraction of sp³-hybridized carbons (Fsp3) is 0.222. The zero-order valence-electron chi connectivity index (χ0n) is 15.3. The smallest absolute Gasteiger partial charge is 0.286 e. The van der Waals surface area contributed by atoms with Gasteiger partial charge in [-0.05, 0) is 19.1 Å². The molecule has 0 radical (unpaired) electrons. The third kappa shape index (κ3) is 3.58. The van der Waals surface area contributed by atoms with E-state index in [0.29, 0.717) is 22.8 Å². The number of halogens is 1. The van der Waals surface area contributed by atoms with Crippen molar-refractivity contribution in [3.05, 3.63) is 55.8 Å². The summed E-state index contributed by atoms with van der Waals surface area (Å²) in [5.41, 5.74) is 0.315. The minimum Gasteiger partial charge on any atom is -0.493 e. The third-order valence-corrected chi connectivity index (χ3v) is 5.36. The topological polar surface area (TPSA) is 96.0 Å². The van der Waals surface area contributed by atoms with Crippen LogP contribution in [-0.2, 0) is 6.54 Å². The summed E-state index contributed by atoms with van der Waals surface area (Å²) in [4.78, 5) is 27.8. The standard InChI is InChI=1S/C18H16ClN3O5S/c1-4-21-13-8-14(26-2)15(27-3)9-16(13)28-18(21)20-17(23)11-7-10(19)5-6-12(11)22(24)25/h5-9H,4H2,1-3H3. The quantitative estimate of drug-likeness (QED) is 0.457. The van der Waals surface area contributed by atoms with Crippen molar-refractivity contribution in [2.75, 3.05) is 14.2 Å². The Bertz CT molecular complexity index is 1150. The van der Waals surface area contributed by atoms with Crippen LogP contribution in [0.15, 0.2) is 35.3 Å². The van der Waals surface area contributed by atoms with Crippen molar-refractivity contribution >= 4 is 44.7 Å². The molecule has 28 heavy (non-hydrogen) atoms. The van der Waals surface area contributed by atoms with E-state index in [9.17, 15) is 14.9 Å². The van der Waals surface area contributed by atoms with E-state index in [1.165, 1.54) is 36.6 Å². The number of benzene rings is 2. The Labute approximate surface area is 168 Å². The predicted octanol–water partition coefficient (Wildman–Crippen LogP) is 4.04. The number of amides is 1. The highest BCUT2D eigenvalue weighted by atomic mass is 35.5. The first-order valence-corrected chi connectivity index (χ1v) is 9.37. The van der Waals surface area contributed by atoms with Gasteiger partial charge in [0.15, 0.2) is 16.3 Å². The predicted molar refractivity (Wildman–Crippen MR) is 107 cm³/mol. The van der Waals surface area contributed by atoms with Gasteiger partial charge >= 0.3 is 0 Å². The molecule has 0 bridgehead atoms. The van der Waals surface area contributed by atoms with Crippen molar-refractivity contribution in [3.63, 3.8) is 0 Å². The molecule has 0 aliphatic carbocycles. The number of thiazole rings is 1. The molecule has 10 heteroatoms. The Morgan fingerprint density at radius 1 is 1.25 bits per heavy atom. The number of nitro benzene ring substituents is 1. The van der Waals surface area contributed by atoms with Crippen LogP contribution in [0.1, 0.15) is 17.3 Å². The maximum absolute atomic E-state index is 12.7. The number of nitrogens with zero attached hydrogens (tertiary/aromatic N) is 3. The summed E-state index contributed by atoms with van der Waals surface area (Å²) in [6, 6.07) is 7.41. The summed E-state index contributed by atoms with van der Waals surface area (Å²) in [5.74, 6) is 0.378. The number of carbonyl (C=O) groups excluding carboxylic acids is 1. The average molecular weight is 422 g/mol. The van der Waals surface area contributed by atoms with Gasteiger partial charge in [0, 0.05) is 29.8 Å². The van der Waals surface area contributed by atoms with E-state index in [1.807, 2.05) is 11.5 Å². The van der Waals surface area contributed by atoms with Crippen molar-refractivity contribution in [2.45, 2.75) is 13.5 Å². The van der Waals surface area contributed by atoms with Gasteiger partial charge in [-0.25, -0.2) is 0 Å². The van der Waals surface area contributed by atoms with Crippen LogP contribution in [0.2, 0.25) is 5.02 Å². The first-order chi connectivity index (χ1) is 13.4. The van der Waals surface area contributed by atoms with Gasteiger partial charge in [0.2, 0.25) is 0 Å². The normalized spacial score (nSPS) is 11.6. The number of aryl methyl sites for hydroxylation is 1. The molecular formula is C18H16ClN3O5S. The number of hydrogen-bond donors (Lipinski definition) is 0. The number of aromatic nitrogens is 1. The molecule has 0 spiro atoms. The Morgan fingerprint density at radius 3 is 2.54 bits per heavy atom. The lowest BCUT2D eigenvalue weighted by Crippen LogP contribution is -2.16. The lowest BCUT2D eigenvalue weighted by atomic mass is 10.2. The molecule has 0 atom stereocenters. The Morgan fingerprint density at radius 2 is 1.93 bits per heavy atom. The van der Waals surface area contributed by atoms with Gasteiger partial charge in [0.1, 0.15) is 5.56 Å². The van der Waals surface area contributed by atoms with E-state index in [-0.39, 0.29) is 16.3 Å². The van der Waals surface area contributed by atoms with E-state index >= 15 is 0 Å². The Balaban J connectivity index is 2.21. The first kappa shape index (κ1) is 19.8. The highest BCUT2D eigenvalue weighted by molar-refractivity contribution is 7.16. The molecular weight excluding hydrogens is 406 g/mol. The third-order valence-electron chi connectivity index (χ3n) is 4.09. The second kappa shape index (κ2) is 7.99. The van der Waals surface area contributed by atoms with Gasteiger partial charge in [0.25, 0.3) is 11.6 Å². The Kier molecular flexibility index (Phi) is 5.66. The minimum absolute atomic E-state index is 0.159. The number of hydrogen-bond acceptors (Lipinski definition) is 6.